The van der Waals surface area contributed by atoms with Gasteiger partial charge in [-0.25, -0.2) is 4.79 Å². The standard InChI is InChI=1S/C21H25BrN4O2/c22-16-6-8-18(9-7-16)23-20(27)12-15-26-13-10-19(11-14-26)25-21(28)24-17-4-2-1-3-5-17/h1-9,19H,10-15H2,(H,23,27)(H2,24,25,28). The van der Waals surface area contributed by atoms with Crippen LogP contribution in [-0.2, 0) is 4.79 Å². The van der Waals surface area contributed by atoms with Gasteiger partial charge < -0.3 is 20.9 Å². The molecule has 1 saturated heterocycles. The molecule has 1 fully saturated rings. The number of nitrogens with one attached hydrogen (secondary N) is 3. The number of hydrogen-bond donors (Lipinski definition) is 3. The Bertz CT molecular complexity index is 775. The molecule has 28 heavy (non-hydrogen) atoms. The lowest BCUT2D eigenvalue weighted by atomic mass is 10.1. The van der Waals surface area contributed by atoms with Crippen molar-refractivity contribution in [2.75, 3.05) is 30.3 Å². The molecule has 148 valence electrons. The average molecular weight is 445 g/mol. The molecule has 3 amide bonds. The smallest absolute Gasteiger partial charge is 0.319 e. The minimum absolute atomic E-state index is 0.0183. The summed E-state index contributed by atoms with van der Waals surface area (Å²) in [4.78, 5) is 26.5. The Kier molecular flexibility index (Phi) is 7.45. The van der Waals surface area contributed by atoms with E-state index in [1.54, 1.807) is 0 Å². The number of rotatable bonds is 6. The van der Waals surface area contributed by atoms with E-state index in [1.807, 2.05) is 54.6 Å². The van der Waals surface area contributed by atoms with Crippen molar-refractivity contribution in [3.63, 3.8) is 0 Å². The Labute approximate surface area is 173 Å². The van der Waals surface area contributed by atoms with Gasteiger partial charge in [0.15, 0.2) is 0 Å². The SMILES string of the molecule is O=C(CCN1CCC(NC(=O)Nc2ccccc2)CC1)Nc1ccc(Br)cc1. The van der Waals surface area contributed by atoms with Crippen LogP contribution in [0.1, 0.15) is 19.3 Å². The molecule has 0 spiro atoms. The molecule has 2 aromatic rings. The van der Waals surface area contributed by atoms with Gasteiger partial charge >= 0.3 is 6.03 Å². The molecular weight excluding hydrogens is 420 g/mol. The number of urea groups is 1. The summed E-state index contributed by atoms with van der Waals surface area (Å²) in [6, 6.07) is 17.0. The molecule has 0 radical (unpaired) electrons. The van der Waals surface area contributed by atoms with E-state index in [4.69, 9.17) is 0 Å². The molecule has 0 bridgehead atoms. The molecule has 0 aromatic heterocycles. The van der Waals surface area contributed by atoms with E-state index < -0.39 is 0 Å². The van der Waals surface area contributed by atoms with Crippen molar-refractivity contribution in [2.24, 2.45) is 0 Å². The van der Waals surface area contributed by atoms with Gasteiger partial charge in [0.1, 0.15) is 0 Å². The van der Waals surface area contributed by atoms with Crippen LogP contribution in [0.25, 0.3) is 0 Å². The Morgan fingerprint density at radius 1 is 0.929 bits per heavy atom. The van der Waals surface area contributed by atoms with E-state index in [0.717, 1.165) is 48.3 Å². The van der Waals surface area contributed by atoms with Crippen molar-refractivity contribution in [1.82, 2.24) is 10.2 Å². The van der Waals surface area contributed by atoms with Crippen molar-refractivity contribution >= 4 is 39.2 Å². The van der Waals surface area contributed by atoms with Crippen LogP contribution in [-0.4, -0.2) is 42.5 Å². The Morgan fingerprint density at radius 2 is 1.57 bits per heavy atom. The van der Waals surface area contributed by atoms with Crippen LogP contribution >= 0.6 is 15.9 Å². The monoisotopic (exact) mass is 444 g/mol. The zero-order valence-electron chi connectivity index (χ0n) is 15.7. The highest BCUT2D eigenvalue weighted by Gasteiger charge is 2.21. The molecular formula is C21H25BrN4O2. The molecule has 7 heteroatoms. The van der Waals surface area contributed by atoms with Crippen LogP contribution in [0.5, 0.6) is 0 Å². The highest BCUT2D eigenvalue weighted by Crippen LogP contribution is 2.15. The van der Waals surface area contributed by atoms with E-state index in [-0.39, 0.29) is 18.0 Å². The lowest BCUT2D eigenvalue weighted by Gasteiger charge is -2.32. The van der Waals surface area contributed by atoms with Crippen molar-refractivity contribution in [3.8, 4) is 0 Å². The van der Waals surface area contributed by atoms with Crippen molar-refractivity contribution < 1.29 is 9.59 Å². The summed E-state index contributed by atoms with van der Waals surface area (Å²) in [5.41, 5.74) is 1.59. The van der Waals surface area contributed by atoms with Gasteiger partial charge in [0, 0.05) is 47.9 Å². The topological polar surface area (TPSA) is 73.5 Å². The first-order valence-corrected chi connectivity index (χ1v) is 10.3. The third kappa shape index (κ3) is 6.65. The Hall–Kier alpha value is -2.38. The lowest BCUT2D eigenvalue weighted by molar-refractivity contribution is -0.116. The highest BCUT2D eigenvalue weighted by atomic mass is 79.9. The van der Waals surface area contributed by atoms with Crippen LogP contribution in [0, 0.1) is 0 Å². The van der Waals surface area contributed by atoms with E-state index in [9.17, 15) is 9.59 Å². The summed E-state index contributed by atoms with van der Waals surface area (Å²) in [6.07, 6.45) is 2.23. The first-order valence-electron chi connectivity index (χ1n) is 9.49. The van der Waals surface area contributed by atoms with Crippen LogP contribution in [0.15, 0.2) is 59.1 Å². The first kappa shape index (κ1) is 20.4. The molecule has 6 nitrogen and oxygen atoms in total. The van der Waals surface area contributed by atoms with Gasteiger partial charge in [0.05, 0.1) is 0 Å². The molecule has 1 aliphatic rings. The Balaban J connectivity index is 1.33. The fourth-order valence-corrected chi connectivity index (χ4v) is 3.46. The number of hydrogen-bond acceptors (Lipinski definition) is 3. The average Bonchev–Trinajstić information content (AvgIpc) is 2.70. The number of anilines is 2. The number of nitrogens with zero attached hydrogens (tertiary/aromatic N) is 1. The third-order valence-corrected chi connectivity index (χ3v) is 5.27. The second-order valence-electron chi connectivity index (χ2n) is 6.89. The quantitative estimate of drug-likeness (QED) is 0.628. The van der Waals surface area contributed by atoms with Gasteiger partial charge in [-0.3, -0.25) is 4.79 Å². The number of para-hydroxylation sites is 1. The summed E-state index contributed by atoms with van der Waals surface area (Å²) >= 11 is 3.38. The minimum atomic E-state index is -0.168. The molecule has 2 aromatic carbocycles. The van der Waals surface area contributed by atoms with E-state index in [1.165, 1.54) is 0 Å². The van der Waals surface area contributed by atoms with Gasteiger partial charge in [-0.05, 0) is 49.2 Å². The lowest BCUT2D eigenvalue weighted by Crippen LogP contribution is -2.46. The van der Waals surface area contributed by atoms with Crippen molar-refractivity contribution in [1.29, 1.82) is 0 Å². The van der Waals surface area contributed by atoms with Crippen molar-refractivity contribution in [2.45, 2.75) is 25.3 Å². The zero-order valence-corrected chi connectivity index (χ0v) is 17.2. The molecule has 3 rings (SSSR count). The predicted octanol–water partition coefficient (Wildman–Crippen LogP) is 4.06. The van der Waals surface area contributed by atoms with E-state index in [2.05, 4.69) is 36.8 Å². The van der Waals surface area contributed by atoms with Gasteiger partial charge in [0.2, 0.25) is 5.91 Å². The van der Waals surface area contributed by atoms with Crippen LogP contribution in [0.2, 0.25) is 0 Å². The predicted molar refractivity (Wildman–Crippen MR) is 115 cm³/mol. The van der Waals surface area contributed by atoms with Crippen molar-refractivity contribution in [3.05, 3.63) is 59.1 Å². The number of piperidine rings is 1. The molecule has 3 N–H and O–H groups in total. The van der Waals surface area contributed by atoms with Crippen LogP contribution in [0.3, 0.4) is 0 Å². The maximum Gasteiger partial charge on any atom is 0.319 e. The normalized spacial score (nSPS) is 15.0. The summed E-state index contributed by atoms with van der Waals surface area (Å²) in [5, 5.41) is 8.79. The molecule has 0 saturated carbocycles. The second kappa shape index (κ2) is 10.2. The highest BCUT2D eigenvalue weighted by molar-refractivity contribution is 9.10. The maximum absolute atomic E-state index is 12.1. The fraction of sp³-hybridized carbons (Fsp3) is 0.333. The first-order chi connectivity index (χ1) is 13.6. The van der Waals surface area contributed by atoms with Gasteiger partial charge in [-0.2, -0.15) is 0 Å². The van der Waals surface area contributed by atoms with E-state index in [0.29, 0.717) is 6.42 Å². The van der Waals surface area contributed by atoms with Crippen LogP contribution in [0.4, 0.5) is 16.2 Å². The molecule has 1 heterocycles. The maximum atomic E-state index is 12.1. The fourth-order valence-electron chi connectivity index (χ4n) is 3.19. The van der Waals surface area contributed by atoms with Gasteiger partial charge in [-0.15, -0.1) is 0 Å². The minimum Gasteiger partial charge on any atom is -0.335 e. The third-order valence-electron chi connectivity index (χ3n) is 4.74. The second-order valence-corrected chi connectivity index (χ2v) is 7.80. The number of halogens is 1. The summed E-state index contributed by atoms with van der Waals surface area (Å²) in [5.74, 6) is 0.0183. The summed E-state index contributed by atoms with van der Waals surface area (Å²) in [7, 11) is 0. The van der Waals surface area contributed by atoms with Gasteiger partial charge in [-0.1, -0.05) is 34.1 Å². The summed E-state index contributed by atoms with van der Waals surface area (Å²) < 4.78 is 0.986. The Morgan fingerprint density at radius 3 is 2.25 bits per heavy atom. The van der Waals surface area contributed by atoms with Gasteiger partial charge in [0.25, 0.3) is 0 Å². The number of carbonyl (C=O) groups is 2. The number of benzene rings is 2. The molecule has 1 aliphatic heterocycles. The van der Waals surface area contributed by atoms with E-state index >= 15 is 0 Å². The molecule has 0 unspecified atom stereocenters. The number of carbonyl (C=O) groups excluding carboxylic acids is 2. The molecule has 0 atom stereocenters. The molecule has 0 aliphatic carbocycles. The number of likely N-dealkylation sites (tertiary alicyclic amines) is 1. The largest absolute Gasteiger partial charge is 0.335 e. The van der Waals surface area contributed by atoms with Crippen LogP contribution < -0.4 is 16.0 Å². The zero-order chi connectivity index (χ0) is 19.8. The summed E-state index contributed by atoms with van der Waals surface area (Å²) in [6.45, 7) is 2.48. The number of amides is 3.